The molecule has 4 rings (SSSR count). The maximum atomic E-state index is 14.5. The second kappa shape index (κ2) is 10.6. The lowest BCUT2D eigenvalue weighted by Crippen LogP contribution is -2.38. The number of alkyl halides is 2. The van der Waals surface area contributed by atoms with Crippen molar-refractivity contribution in [3.8, 4) is 0 Å². The molecule has 2 aromatic carbocycles. The van der Waals surface area contributed by atoms with Crippen LogP contribution >= 0.6 is 11.5 Å². The smallest absolute Gasteiger partial charge is 0.321 e. The number of carbonyl (C=O) groups is 2. The van der Waals surface area contributed by atoms with Crippen LogP contribution in [-0.4, -0.2) is 57.5 Å². The molecule has 0 saturated carbocycles. The number of nitrogens with zero attached hydrogens (tertiary/aromatic N) is 3. The second-order valence-electron chi connectivity index (χ2n) is 8.48. The highest BCUT2D eigenvalue weighted by molar-refractivity contribution is 7.05. The number of rotatable bonds is 7. The quantitative estimate of drug-likeness (QED) is 0.439. The highest BCUT2D eigenvalue weighted by atomic mass is 32.1. The normalized spacial score (nSPS) is 17.4. The third-order valence-corrected chi connectivity index (χ3v) is 7.10. The largest absolute Gasteiger partial charge is 0.395 e. The van der Waals surface area contributed by atoms with Gasteiger partial charge in [0.2, 0.25) is 0 Å². The SMILES string of the molecule is Cc1ccc(C2(c3ncns3)CCN(C(=O)Nc3cc(C(F)F)ccc3C(=O)NCCO)C2)cc1F. The van der Waals surface area contributed by atoms with Gasteiger partial charge < -0.3 is 20.6 Å². The molecule has 3 aromatic rings. The lowest BCUT2D eigenvalue weighted by molar-refractivity contribution is 0.0945. The summed E-state index contributed by atoms with van der Waals surface area (Å²) in [7, 11) is 0. The van der Waals surface area contributed by atoms with Crippen LogP contribution in [0.25, 0.3) is 0 Å². The van der Waals surface area contributed by atoms with E-state index >= 15 is 0 Å². The number of urea groups is 1. The summed E-state index contributed by atoms with van der Waals surface area (Å²) >= 11 is 1.16. The fraction of sp³-hybridized carbons (Fsp3) is 0.333. The summed E-state index contributed by atoms with van der Waals surface area (Å²) in [5.74, 6) is -0.999. The molecule has 8 nitrogen and oxygen atoms in total. The summed E-state index contributed by atoms with van der Waals surface area (Å²) in [4.78, 5) is 31.5. The van der Waals surface area contributed by atoms with Gasteiger partial charge in [-0.05, 0) is 54.2 Å². The minimum absolute atomic E-state index is 0.0172. The Morgan fingerprint density at radius 1 is 1.25 bits per heavy atom. The lowest BCUT2D eigenvalue weighted by atomic mass is 9.80. The molecule has 190 valence electrons. The molecule has 1 fully saturated rings. The summed E-state index contributed by atoms with van der Waals surface area (Å²) in [6.45, 7) is 1.75. The van der Waals surface area contributed by atoms with Crippen molar-refractivity contribution in [2.24, 2.45) is 0 Å². The van der Waals surface area contributed by atoms with Gasteiger partial charge in [0.1, 0.15) is 17.2 Å². The Kier molecular flexibility index (Phi) is 7.55. The number of hydrogen-bond donors (Lipinski definition) is 3. The predicted octanol–water partition coefficient (Wildman–Crippen LogP) is 3.87. The zero-order valence-electron chi connectivity index (χ0n) is 19.3. The van der Waals surface area contributed by atoms with Crippen LogP contribution in [0.4, 0.5) is 23.7 Å². The van der Waals surface area contributed by atoms with Gasteiger partial charge >= 0.3 is 6.03 Å². The van der Waals surface area contributed by atoms with E-state index in [0.29, 0.717) is 22.6 Å². The molecule has 3 amide bonds. The highest BCUT2D eigenvalue weighted by Crippen LogP contribution is 2.42. The van der Waals surface area contributed by atoms with Crippen molar-refractivity contribution in [1.29, 1.82) is 0 Å². The van der Waals surface area contributed by atoms with E-state index in [0.717, 1.165) is 23.7 Å². The molecular weight excluding hydrogens is 495 g/mol. The minimum atomic E-state index is -2.80. The van der Waals surface area contributed by atoms with E-state index in [9.17, 15) is 22.8 Å². The Bertz CT molecular complexity index is 1260. The Morgan fingerprint density at radius 2 is 2.06 bits per heavy atom. The molecule has 1 saturated heterocycles. The van der Waals surface area contributed by atoms with E-state index in [4.69, 9.17) is 5.11 Å². The van der Waals surface area contributed by atoms with E-state index in [2.05, 4.69) is 20.0 Å². The molecule has 3 N–H and O–H groups in total. The van der Waals surface area contributed by atoms with Gasteiger partial charge in [0.05, 0.1) is 23.3 Å². The van der Waals surface area contributed by atoms with Crippen molar-refractivity contribution < 1.29 is 27.9 Å². The first-order valence-corrected chi connectivity index (χ1v) is 11.9. The van der Waals surface area contributed by atoms with Crippen LogP contribution in [0.5, 0.6) is 0 Å². The fourth-order valence-electron chi connectivity index (χ4n) is 4.25. The molecule has 0 spiro atoms. The predicted molar refractivity (Wildman–Crippen MR) is 128 cm³/mol. The number of benzene rings is 2. The first kappa shape index (κ1) is 25.6. The number of aryl methyl sites for hydroxylation is 1. The molecule has 1 aliphatic rings. The zero-order valence-corrected chi connectivity index (χ0v) is 20.1. The number of hydrogen-bond acceptors (Lipinski definition) is 6. The number of aliphatic hydroxyl groups is 1. The van der Waals surface area contributed by atoms with Crippen LogP contribution < -0.4 is 10.6 Å². The number of likely N-dealkylation sites (tertiary alicyclic amines) is 1. The summed E-state index contributed by atoms with van der Waals surface area (Å²) < 4.78 is 45.2. The standard InChI is InChI=1S/C24H24F3N5O3S/c1-14-2-4-16(11-18(14)25)24(22-29-13-30-36-22)6-8-32(12-24)23(35)31-19-10-15(20(26)27)3-5-17(19)21(34)28-7-9-33/h2-5,10-11,13,20,33H,6-9,12H2,1H3,(H,28,34)(H,31,35). The molecule has 2 heterocycles. The summed E-state index contributed by atoms with van der Waals surface area (Å²) in [6.07, 6.45) is -0.954. The van der Waals surface area contributed by atoms with E-state index in [1.54, 1.807) is 19.1 Å². The van der Waals surface area contributed by atoms with Gasteiger partial charge in [-0.25, -0.2) is 22.9 Å². The topological polar surface area (TPSA) is 107 Å². The van der Waals surface area contributed by atoms with Gasteiger partial charge in [-0.3, -0.25) is 4.79 Å². The Labute approximate surface area is 209 Å². The molecule has 36 heavy (non-hydrogen) atoms. The fourth-order valence-corrected chi connectivity index (χ4v) is 5.00. The van der Waals surface area contributed by atoms with E-state index in [1.807, 2.05) is 0 Å². The Morgan fingerprint density at radius 3 is 2.72 bits per heavy atom. The van der Waals surface area contributed by atoms with Gasteiger partial charge in [0.15, 0.2) is 0 Å². The van der Waals surface area contributed by atoms with Crippen LogP contribution in [0.2, 0.25) is 0 Å². The minimum Gasteiger partial charge on any atom is -0.395 e. The van der Waals surface area contributed by atoms with Gasteiger partial charge in [-0.2, -0.15) is 4.37 Å². The number of carbonyl (C=O) groups excluding carboxylic acids is 2. The molecule has 1 aromatic heterocycles. The van der Waals surface area contributed by atoms with Gasteiger partial charge in [-0.15, -0.1) is 0 Å². The molecule has 1 aliphatic heterocycles. The van der Waals surface area contributed by atoms with E-state index in [-0.39, 0.29) is 48.9 Å². The number of aliphatic hydroxyl groups excluding tert-OH is 1. The molecule has 12 heteroatoms. The number of halogens is 3. The van der Waals surface area contributed by atoms with Crippen LogP contribution in [0.1, 0.15) is 44.9 Å². The monoisotopic (exact) mass is 519 g/mol. The van der Waals surface area contributed by atoms with Crippen molar-refractivity contribution in [2.45, 2.75) is 25.2 Å². The second-order valence-corrected chi connectivity index (χ2v) is 9.26. The number of aromatic nitrogens is 2. The van der Waals surface area contributed by atoms with Crippen molar-refractivity contribution in [1.82, 2.24) is 19.6 Å². The Balaban J connectivity index is 1.62. The maximum absolute atomic E-state index is 14.5. The van der Waals surface area contributed by atoms with E-state index < -0.39 is 23.8 Å². The molecule has 0 radical (unpaired) electrons. The number of anilines is 1. The third-order valence-electron chi connectivity index (χ3n) is 6.23. The van der Waals surface area contributed by atoms with Gasteiger partial charge in [-0.1, -0.05) is 18.2 Å². The van der Waals surface area contributed by atoms with Crippen LogP contribution in [0, 0.1) is 12.7 Å². The molecular formula is C24H24F3N5O3S. The summed E-state index contributed by atoms with van der Waals surface area (Å²) in [6, 6.07) is 7.68. The zero-order chi connectivity index (χ0) is 25.9. The molecule has 0 aliphatic carbocycles. The molecule has 1 atom stereocenters. The van der Waals surface area contributed by atoms with E-state index in [1.165, 1.54) is 23.4 Å². The number of amides is 3. The summed E-state index contributed by atoms with van der Waals surface area (Å²) in [5.41, 5.74) is -0.103. The van der Waals surface area contributed by atoms with Crippen molar-refractivity contribution >= 4 is 29.2 Å². The van der Waals surface area contributed by atoms with Crippen molar-refractivity contribution in [3.05, 3.63) is 75.8 Å². The van der Waals surface area contributed by atoms with Crippen LogP contribution in [0.3, 0.4) is 0 Å². The molecule has 1 unspecified atom stereocenters. The van der Waals surface area contributed by atoms with Gasteiger partial charge in [0.25, 0.3) is 12.3 Å². The highest BCUT2D eigenvalue weighted by Gasteiger charge is 2.45. The average Bonchev–Trinajstić information content (AvgIpc) is 3.55. The van der Waals surface area contributed by atoms with Gasteiger partial charge in [0, 0.05) is 25.2 Å². The molecule has 0 bridgehead atoms. The Hall–Kier alpha value is -3.51. The van der Waals surface area contributed by atoms with Crippen molar-refractivity contribution in [2.75, 3.05) is 31.6 Å². The summed E-state index contributed by atoms with van der Waals surface area (Å²) in [5, 5.41) is 14.6. The first-order chi connectivity index (χ1) is 17.2. The lowest BCUT2D eigenvalue weighted by Gasteiger charge is -2.28. The average molecular weight is 520 g/mol. The maximum Gasteiger partial charge on any atom is 0.321 e. The van der Waals surface area contributed by atoms with Crippen LogP contribution in [-0.2, 0) is 5.41 Å². The first-order valence-electron chi connectivity index (χ1n) is 11.2. The van der Waals surface area contributed by atoms with Crippen LogP contribution in [0.15, 0.2) is 42.7 Å². The number of nitrogens with one attached hydrogen (secondary N) is 2. The third kappa shape index (κ3) is 5.05. The van der Waals surface area contributed by atoms with Crippen molar-refractivity contribution in [3.63, 3.8) is 0 Å².